The molecule has 2 aromatic rings. The quantitative estimate of drug-likeness (QED) is 0.726. The fraction of sp³-hybridized carbons (Fsp3) is 0. The molecule has 2 rings (SSSR count). The van der Waals surface area contributed by atoms with Gasteiger partial charge in [-0.05, 0) is 36.4 Å². The lowest BCUT2D eigenvalue weighted by atomic mass is 10.1. The van der Waals surface area contributed by atoms with Gasteiger partial charge >= 0.3 is 0 Å². The van der Waals surface area contributed by atoms with Crippen LogP contribution in [0.2, 0.25) is 0 Å². The molecular weight excluding hydrogens is 200 g/mol. The molecule has 1 radical (unpaired) electrons. The minimum absolute atomic E-state index is 0.189. The first-order chi connectivity index (χ1) is 7.75. The molecule has 2 heteroatoms. The maximum atomic E-state index is 11.0. The molecule has 0 heterocycles. The Bertz CT molecular complexity index is 472. The van der Waals surface area contributed by atoms with E-state index in [-0.39, 0.29) is 5.78 Å². The lowest BCUT2D eigenvalue weighted by molar-refractivity contribution is 0.104. The van der Waals surface area contributed by atoms with Crippen molar-refractivity contribution in [2.45, 2.75) is 0 Å². The summed E-state index contributed by atoms with van der Waals surface area (Å²) < 4.78 is 5.58. The predicted octanol–water partition coefficient (Wildman–Crippen LogP) is 3.50. The Morgan fingerprint density at radius 2 is 1.44 bits per heavy atom. The molecule has 0 fully saturated rings. The van der Waals surface area contributed by atoms with E-state index in [0.29, 0.717) is 11.3 Å². The SMILES string of the molecule is [CH2]C(=O)c1ccc(Oc2ccccc2)cc1. The highest BCUT2D eigenvalue weighted by Crippen LogP contribution is 2.21. The predicted molar refractivity (Wildman–Crippen MR) is 62.6 cm³/mol. The Morgan fingerprint density at radius 1 is 0.875 bits per heavy atom. The molecule has 0 unspecified atom stereocenters. The van der Waals surface area contributed by atoms with Crippen LogP contribution in [0, 0.1) is 6.92 Å². The number of rotatable bonds is 3. The summed E-state index contributed by atoms with van der Waals surface area (Å²) in [6.45, 7) is 3.34. The monoisotopic (exact) mass is 211 g/mol. The summed E-state index contributed by atoms with van der Waals surface area (Å²) in [7, 11) is 0. The van der Waals surface area contributed by atoms with Crippen molar-refractivity contribution in [3.05, 3.63) is 67.1 Å². The number of carbonyl (C=O) groups excluding carboxylic acids is 1. The largest absolute Gasteiger partial charge is 0.457 e. The van der Waals surface area contributed by atoms with E-state index in [2.05, 4.69) is 6.92 Å². The zero-order chi connectivity index (χ0) is 11.4. The summed E-state index contributed by atoms with van der Waals surface area (Å²) in [6.07, 6.45) is 0. The molecule has 0 aromatic heterocycles. The topological polar surface area (TPSA) is 26.3 Å². The molecule has 0 aliphatic heterocycles. The minimum Gasteiger partial charge on any atom is -0.457 e. The van der Waals surface area contributed by atoms with Crippen LogP contribution < -0.4 is 4.74 Å². The molecule has 0 N–H and O–H groups in total. The van der Waals surface area contributed by atoms with Crippen molar-refractivity contribution in [2.75, 3.05) is 0 Å². The molecule has 0 amide bonds. The maximum Gasteiger partial charge on any atom is 0.163 e. The molecular formula is C14H11O2. The van der Waals surface area contributed by atoms with E-state index >= 15 is 0 Å². The van der Waals surface area contributed by atoms with Gasteiger partial charge in [-0.15, -0.1) is 0 Å². The van der Waals surface area contributed by atoms with Gasteiger partial charge in [-0.25, -0.2) is 0 Å². The van der Waals surface area contributed by atoms with E-state index in [9.17, 15) is 4.79 Å². The van der Waals surface area contributed by atoms with Crippen molar-refractivity contribution in [3.63, 3.8) is 0 Å². The minimum atomic E-state index is -0.189. The van der Waals surface area contributed by atoms with Gasteiger partial charge in [-0.3, -0.25) is 4.79 Å². The molecule has 0 aliphatic rings. The van der Waals surface area contributed by atoms with Crippen LogP contribution in [0.1, 0.15) is 10.4 Å². The van der Waals surface area contributed by atoms with Crippen LogP contribution in [0.5, 0.6) is 11.5 Å². The fourth-order valence-corrected chi connectivity index (χ4v) is 1.33. The smallest absolute Gasteiger partial charge is 0.163 e. The van der Waals surface area contributed by atoms with Gasteiger partial charge in [0.1, 0.15) is 11.5 Å². The third-order valence-electron chi connectivity index (χ3n) is 2.16. The van der Waals surface area contributed by atoms with Crippen molar-refractivity contribution in [3.8, 4) is 11.5 Å². The Kier molecular flexibility index (Phi) is 3.01. The Labute approximate surface area is 94.5 Å². The van der Waals surface area contributed by atoms with Crippen LogP contribution in [-0.4, -0.2) is 5.78 Å². The maximum absolute atomic E-state index is 11.0. The van der Waals surface area contributed by atoms with Crippen LogP contribution in [0.3, 0.4) is 0 Å². The van der Waals surface area contributed by atoms with E-state index in [1.165, 1.54) is 0 Å². The molecule has 2 nitrogen and oxygen atoms in total. The second-order valence-electron chi connectivity index (χ2n) is 3.36. The molecule has 79 valence electrons. The second-order valence-corrected chi connectivity index (χ2v) is 3.36. The van der Waals surface area contributed by atoms with Crippen molar-refractivity contribution < 1.29 is 9.53 Å². The van der Waals surface area contributed by atoms with Gasteiger partial charge in [-0.2, -0.15) is 0 Å². The summed E-state index contributed by atoms with van der Waals surface area (Å²) in [5.74, 6) is 1.29. The van der Waals surface area contributed by atoms with Crippen molar-refractivity contribution in [1.82, 2.24) is 0 Å². The van der Waals surface area contributed by atoms with Gasteiger partial charge in [0.05, 0.1) is 0 Å². The summed E-state index contributed by atoms with van der Waals surface area (Å²) in [6, 6.07) is 16.4. The number of benzene rings is 2. The number of hydrogen-bond donors (Lipinski definition) is 0. The zero-order valence-corrected chi connectivity index (χ0v) is 8.72. The summed E-state index contributed by atoms with van der Waals surface area (Å²) in [5, 5.41) is 0. The standard InChI is InChI=1S/C14H11O2/c1-11(15)12-7-9-14(10-8-12)16-13-5-3-2-4-6-13/h2-10H,1H2. The highest BCUT2D eigenvalue weighted by molar-refractivity contribution is 5.99. The van der Waals surface area contributed by atoms with Gasteiger partial charge in [-0.1, -0.05) is 18.2 Å². The van der Waals surface area contributed by atoms with Gasteiger partial charge < -0.3 is 4.74 Å². The van der Waals surface area contributed by atoms with Crippen molar-refractivity contribution in [2.24, 2.45) is 0 Å². The van der Waals surface area contributed by atoms with Crippen molar-refractivity contribution in [1.29, 1.82) is 0 Å². The van der Waals surface area contributed by atoms with E-state index in [0.717, 1.165) is 5.75 Å². The van der Waals surface area contributed by atoms with Crippen LogP contribution in [0.25, 0.3) is 0 Å². The molecule has 0 saturated heterocycles. The van der Waals surface area contributed by atoms with Crippen molar-refractivity contribution >= 4 is 5.78 Å². The average Bonchev–Trinajstić information content (AvgIpc) is 2.31. The Hall–Kier alpha value is -2.09. The van der Waals surface area contributed by atoms with E-state index in [4.69, 9.17) is 4.74 Å². The third-order valence-corrected chi connectivity index (χ3v) is 2.16. The lowest BCUT2D eigenvalue weighted by Gasteiger charge is -2.05. The number of para-hydroxylation sites is 1. The summed E-state index contributed by atoms with van der Waals surface area (Å²) >= 11 is 0. The Balaban J connectivity index is 2.14. The Morgan fingerprint density at radius 3 is 2.00 bits per heavy atom. The van der Waals surface area contributed by atoms with Crippen LogP contribution in [0.4, 0.5) is 0 Å². The second kappa shape index (κ2) is 4.62. The summed E-state index contributed by atoms with van der Waals surface area (Å²) in [4.78, 5) is 11.0. The lowest BCUT2D eigenvalue weighted by Crippen LogP contribution is -1.91. The third kappa shape index (κ3) is 2.48. The highest BCUT2D eigenvalue weighted by Gasteiger charge is 2.00. The van der Waals surface area contributed by atoms with Crippen LogP contribution >= 0.6 is 0 Å². The van der Waals surface area contributed by atoms with Gasteiger partial charge in [0.25, 0.3) is 0 Å². The van der Waals surface area contributed by atoms with E-state index < -0.39 is 0 Å². The summed E-state index contributed by atoms with van der Waals surface area (Å²) in [5.41, 5.74) is 0.584. The number of Topliss-reactive ketones (excluding diaryl/α,β-unsaturated/α-hetero) is 1. The molecule has 0 spiro atoms. The van der Waals surface area contributed by atoms with Gasteiger partial charge in [0, 0.05) is 12.5 Å². The number of ether oxygens (including phenoxy) is 1. The van der Waals surface area contributed by atoms with Crippen LogP contribution in [-0.2, 0) is 0 Å². The van der Waals surface area contributed by atoms with E-state index in [1.807, 2.05) is 30.3 Å². The first-order valence-electron chi connectivity index (χ1n) is 4.95. The van der Waals surface area contributed by atoms with E-state index in [1.54, 1.807) is 24.3 Å². The zero-order valence-electron chi connectivity index (χ0n) is 8.72. The molecule has 16 heavy (non-hydrogen) atoms. The molecule has 0 bridgehead atoms. The number of carbonyl (C=O) groups is 1. The number of hydrogen-bond acceptors (Lipinski definition) is 2. The first kappa shape index (κ1) is 10.4. The van der Waals surface area contributed by atoms with Gasteiger partial charge in [0.15, 0.2) is 5.78 Å². The molecule has 2 aromatic carbocycles. The first-order valence-corrected chi connectivity index (χ1v) is 4.95. The van der Waals surface area contributed by atoms with Crippen LogP contribution in [0.15, 0.2) is 54.6 Å². The fourth-order valence-electron chi connectivity index (χ4n) is 1.33. The molecule has 0 aliphatic carbocycles. The highest BCUT2D eigenvalue weighted by atomic mass is 16.5. The van der Waals surface area contributed by atoms with Gasteiger partial charge in [0.2, 0.25) is 0 Å². The average molecular weight is 211 g/mol. The normalized spacial score (nSPS) is 9.81. The molecule has 0 saturated carbocycles. The molecule has 0 atom stereocenters. The number of ketones is 1.